The van der Waals surface area contributed by atoms with Crippen LogP contribution < -0.4 is 10.1 Å². The van der Waals surface area contributed by atoms with Crippen LogP contribution >= 0.6 is 23.4 Å². The maximum absolute atomic E-state index is 13.2. The van der Waals surface area contributed by atoms with E-state index in [0.717, 1.165) is 16.8 Å². The first-order chi connectivity index (χ1) is 14.9. The Kier molecular flexibility index (Phi) is 7.70. The monoisotopic (exact) mass is 460 g/mol. The molecule has 1 heterocycles. The number of nitrogens with zero attached hydrogens (tertiary/aromatic N) is 3. The first-order valence-corrected chi connectivity index (χ1v) is 10.8. The zero-order chi connectivity index (χ0) is 22.4. The molecule has 0 aliphatic heterocycles. The van der Waals surface area contributed by atoms with E-state index in [0.29, 0.717) is 23.3 Å². The van der Waals surface area contributed by atoms with Crippen LogP contribution in [0, 0.1) is 19.7 Å². The predicted molar refractivity (Wildman–Crippen MR) is 121 cm³/mol. The second-order valence-electron chi connectivity index (χ2n) is 6.75. The van der Waals surface area contributed by atoms with Gasteiger partial charge < -0.3 is 10.1 Å². The minimum Gasteiger partial charge on any atom is -0.484 e. The van der Waals surface area contributed by atoms with Crippen LogP contribution in [0.4, 0.5) is 10.1 Å². The lowest BCUT2D eigenvalue weighted by molar-refractivity contribution is -0.113. The standard InChI is InChI=1S/C22H22ClFN4O2S/c1-4-10-28-20(12-30-19-9-8-16(24)11-17(19)23)26-27-22(28)31-13-21(29)25-18-7-5-6-14(2)15(18)3/h4-9,11H,1,10,12-13H2,2-3H3,(H,25,29). The van der Waals surface area contributed by atoms with E-state index in [2.05, 4.69) is 22.1 Å². The fourth-order valence-electron chi connectivity index (χ4n) is 2.78. The number of allylic oxidation sites excluding steroid dienone is 1. The molecule has 9 heteroatoms. The third-order valence-corrected chi connectivity index (χ3v) is 5.83. The first kappa shape index (κ1) is 22.8. The maximum atomic E-state index is 13.2. The average Bonchev–Trinajstić information content (AvgIpc) is 3.11. The molecule has 162 valence electrons. The largest absolute Gasteiger partial charge is 0.484 e. The minimum atomic E-state index is -0.440. The molecule has 0 aliphatic rings. The fraction of sp³-hybridized carbons (Fsp3) is 0.227. The molecule has 31 heavy (non-hydrogen) atoms. The number of anilines is 1. The van der Waals surface area contributed by atoms with Gasteiger partial charge in [0, 0.05) is 12.2 Å². The second kappa shape index (κ2) is 10.5. The quantitative estimate of drug-likeness (QED) is 0.352. The van der Waals surface area contributed by atoms with Gasteiger partial charge in [-0.1, -0.05) is 41.6 Å². The lowest BCUT2D eigenvalue weighted by Crippen LogP contribution is -2.16. The molecule has 1 amide bonds. The first-order valence-electron chi connectivity index (χ1n) is 9.48. The summed E-state index contributed by atoms with van der Waals surface area (Å²) in [6.07, 6.45) is 1.71. The van der Waals surface area contributed by atoms with E-state index in [9.17, 15) is 9.18 Å². The summed E-state index contributed by atoms with van der Waals surface area (Å²) in [6, 6.07) is 9.69. The molecular formula is C22H22ClFN4O2S. The van der Waals surface area contributed by atoms with E-state index in [1.165, 1.54) is 30.0 Å². The van der Waals surface area contributed by atoms with Gasteiger partial charge in [0.05, 0.1) is 10.8 Å². The number of halogens is 2. The van der Waals surface area contributed by atoms with Crippen molar-refractivity contribution < 1.29 is 13.9 Å². The highest BCUT2D eigenvalue weighted by atomic mass is 35.5. The minimum absolute atomic E-state index is 0.0848. The summed E-state index contributed by atoms with van der Waals surface area (Å²) in [7, 11) is 0. The van der Waals surface area contributed by atoms with Crippen molar-refractivity contribution in [2.75, 3.05) is 11.1 Å². The summed E-state index contributed by atoms with van der Waals surface area (Å²) < 4.78 is 20.7. The number of aryl methyl sites for hydroxylation is 1. The summed E-state index contributed by atoms with van der Waals surface area (Å²) in [5.74, 6) is 0.483. The zero-order valence-corrected chi connectivity index (χ0v) is 18.8. The number of hydrogen-bond acceptors (Lipinski definition) is 5. The summed E-state index contributed by atoms with van der Waals surface area (Å²) >= 11 is 7.27. The van der Waals surface area contributed by atoms with Gasteiger partial charge in [0.1, 0.15) is 18.2 Å². The highest BCUT2D eigenvalue weighted by molar-refractivity contribution is 7.99. The van der Waals surface area contributed by atoms with Crippen molar-refractivity contribution in [2.45, 2.75) is 32.2 Å². The molecule has 0 radical (unpaired) electrons. The SMILES string of the molecule is C=CCn1c(COc2ccc(F)cc2Cl)nnc1SCC(=O)Nc1cccc(C)c1C. The van der Waals surface area contributed by atoms with E-state index in [4.69, 9.17) is 16.3 Å². The Bertz CT molecular complexity index is 1100. The highest BCUT2D eigenvalue weighted by Crippen LogP contribution is 2.26. The summed E-state index contributed by atoms with van der Waals surface area (Å²) in [4.78, 5) is 12.4. The number of aromatic nitrogens is 3. The molecule has 1 aromatic heterocycles. The van der Waals surface area contributed by atoms with Crippen LogP contribution in [0.25, 0.3) is 0 Å². The predicted octanol–water partition coefficient (Wildman–Crippen LogP) is 5.18. The van der Waals surface area contributed by atoms with Gasteiger partial charge >= 0.3 is 0 Å². The van der Waals surface area contributed by atoms with Crippen LogP contribution in [0.5, 0.6) is 5.75 Å². The van der Waals surface area contributed by atoms with Crippen LogP contribution in [-0.4, -0.2) is 26.4 Å². The Labute approximate surface area is 189 Å². The normalized spacial score (nSPS) is 10.7. The topological polar surface area (TPSA) is 69.0 Å². The molecule has 3 rings (SSSR count). The van der Waals surface area contributed by atoms with E-state index in [1.807, 2.05) is 32.0 Å². The third kappa shape index (κ3) is 5.86. The molecule has 0 bridgehead atoms. The van der Waals surface area contributed by atoms with Crippen molar-refractivity contribution in [3.63, 3.8) is 0 Å². The van der Waals surface area contributed by atoms with Gasteiger partial charge in [-0.25, -0.2) is 4.39 Å². The van der Waals surface area contributed by atoms with Gasteiger partial charge in [0.25, 0.3) is 0 Å². The van der Waals surface area contributed by atoms with Crippen molar-refractivity contribution in [1.82, 2.24) is 14.8 Å². The molecule has 0 fully saturated rings. The Morgan fingerprint density at radius 1 is 1.32 bits per heavy atom. The second-order valence-corrected chi connectivity index (χ2v) is 8.10. The van der Waals surface area contributed by atoms with Gasteiger partial charge in [-0.3, -0.25) is 9.36 Å². The molecule has 0 saturated carbocycles. The van der Waals surface area contributed by atoms with Gasteiger partial charge in [-0.15, -0.1) is 16.8 Å². The Morgan fingerprint density at radius 2 is 2.13 bits per heavy atom. The highest BCUT2D eigenvalue weighted by Gasteiger charge is 2.15. The number of thioether (sulfide) groups is 1. The van der Waals surface area contributed by atoms with Crippen LogP contribution in [0.3, 0.4) is 0 Å². The van der Waals surface area contributed by atoms with E-state index >= 15 is 0 Å². The lowest BCUT2D eigenvalue weighted by Gasteiger charge is -2.11. The van der Waals surface area contributed by atoms with Crippen molar-refractivity contribution in [3.8, 4) is 5.75 Å². The van der Waals surface area contributed by atoms with Gasteiger partial charge in [-0.2, -0.15) is 0 Å². The molecule has 6 nitrogen and oxygen atoms in total. The number of ether oxygens (including phenoxy) is 1. The summed E-state index contributed by atoms with van der Waals surface area (Å²) in [5.41, 5.74) is 2.94. The lowest BCUT2D eigenvalue weighted by atomic mass is 10.1. The van der Waals surface area contributed by atoms with E-state index < -0.39 is 5.82 Å². The zero-order valence-electron chi connectivity index (χ0n) is 17.2. The van der Waals surface area contributed by atoms with Crippen molar-refractivity contribution in [2.24, 2.45) is 0 Å². The smallest absolute Gasteiger partial charge is 0.234 e. The van der Waals surface area contributed by atoms with Gasteiger partial charge in [0.15, 0.2) is 11.0 Å². The number of hydrogen-bond donors (Lipinski definition) is 1. The molecule has 1 N–H and O–H groups in total. The maximum Gasteiger partial charge on any atom is 0.234 e. The molecule has 0 unspecified atom stereocenters. The summed E-state index contributed by atoms with van der Waals surface area (Å²) in [5, 5.41) is 12.0. The van der Waals surface area contributed by atoms with Gasteiger partial charge in [-0.05, 0) is 49.2 Å². The fourth-order valence-corrected chi connectivity index (χ4v) is 3.77. The number of carbonyl (C=O) groups is 1. The van der Waals surface area contributed by atoms with Crippen molar-refractivity contribution in [3.05, 3.63) is 76.8 Å². The molecular weight excluding hydrogens is 439 g/mol. The van der Waals surface area contributed by atoms with Crippen LogP contribution in [0.1, 0.15) is 17.0 Å². The molecule has 0 spiro atoms. The molecule has 3 aromatic rings. The van der Waals surface area contributed by atoms with Crippen molar-refractivity contribution in [1.29, 1.82) is 0 Å². The van der Waals surface area contributed by atoms with E-state index in [-0.39, 0.29) is 23.3 Å². The Hall–Kier alpha value is -2.84. The van der Waals surface area contributed by atoms with E-state index in [1.54, 1.807) is 10.6 Å². The number of amides is 1. The molecule has 0 aliphatic carbocycles. The summed E-state index contributed by atoms with van der Waals surface area (Å²) in [6.45, 7) is 8.26. The molecule has 2 aromatic carbocycles. The Morgan fingerprint density at radius 3 is 2.87 bits per heavy atom. The number of nitrogens with one attached hydrogen (secondary N) is 1. The van der Waals surface area contributed by atoms with Crippen LogP contribution in [0.15, 0.2) is 54.2 Å². The average molecular weight is 461 g/mol. The van der Waals surface area contributed by atoms with Crippen LogP contribution in [-0.2, 0) is 17.9 Å². The molecule has 0 saturated heterocycles. The number of benzene rings is 2. The third-order valence-electron chi connectivity index (χ3n) is 4.57. The number of rotatable bonds is 9. The number of carbonyl (C=O) groups excluding carboxylic acids is 1. The van der Waals surface area contributed by atoms with Crippen molar-refractivity contribution >= 4 is 35.0 Å². The Balaban J connectivity index is 1.64. The van der Waals surface area contributed by atoms with Gasteiger partial charge in [0.2, 0.25) is 5.91 Å². The van der Waals surface area contributed by atoms with Crippen LogP contribution in [0.2, 0.25) is 5.02 Å². The molecule has 0 atom stereocenters.